The monoisotopic (exact) mass is 360 g/mol. The Bertz CT molecular complexity index is 1110. The van der Waals surface area contributed by atoms with Gasteiger partial charge in [0.15, 0.2) is 0 Å². The van der Waals surface area contributed by atoms with E-state index in [4.69, 9.17) is 10.5 Å². The van der Waals surface area contributed by atoms with E-state index >= 15 is 0 Å². The summed E-state index contributed by atoms with van der Waals surface area (Å²) in [5.74, 6) is -0.325. The number of non-ortho nitro benzene ring substituents is 1. The summed E-state index contributed by atoms with van der Waals surface area (Å²) in [5.41, 5.74) is 8.55. The number of pyridine rings is 1. The van der Waals surface area contributed by atoms with Crippen molar-refractivity contribution < 1.29 is 9.66 Å². The largest absolute Gasteiger partial charge is 0.420 e. The van der Waals surface area contributed by atoms with E-state index < -0.39 is 10.8 Å². The number of rotatable bonds is 3. The van der Waals surface area contributed by atoms with E-state index in [0.29, 0.717) is 16.8 Å². The lowest BCUT2D eigenvalue weighted by molar-refractivity contribution is -0.384. The first-order valence-corrected chi connectivity index (χ1v) is 7.90. The third-order valence-corrected chi connectivity index (χ3v) is 4.32. The second kappa shape index (κ2) is 6.27. The summed E-state index contributed by atoms with van der Waals surface area (Å²) in [7, 11) is 0. The maximum absolute atomic E-state index is 11.1. The Labute approximate surface area is 152 Å². The molecular weight excluding hydrogens is 348 g/mol. The Kier molecular flexibility index (Phi) is 3.78. The Hall–Kier alpha value is -4.19. The number of hydrogen-bond acceptors (Lipinski definition) is 7. The van der Waals surface area contributed by atoms with Crippen LogP contribution in [0.1, 0.15) is 17.0 Å². The molecule has 27 heavy (non-hydrogen) atoms. The highest BCUT2D eigenvalue weighted by atomic mass is 16.6. The molecule has 132 valence electrons. The topological polar surface area (TPSA) is 144 Å². The van der Waals surface area contributed by atoms with Gasteiger partial charge in [-0.25, -0.2) is 0 Å². The number of nitriles is 1. The van der Waals surface area contributed by atoms with E-state index in [0.717, 1.165) is 5.56 Å². The average molecular weight is 360 g/mol. The van der Waals surface area contributed by atoms with Crippen molar-refractivity contribution in [2.24, 2.45) is 5.73 Å². The van der Waals surface area contributed by atoms with Crippen LogP contribution in [0.2, 0.25) is 0 Å². The summed E-state index contributed by atoms with van der Waals surface area (Å²) in [6.07, 6.45) is 3.23. The molecule has 1 unspecified atom stereocenters. The molecular formula is C18H12N6O3. The molecule has 4 rings (SSSR count). The van der Waals surface area contributed by atoms with Gasteiger partial charge < -0.3 is 10.5 Å². The number of nitro groups is 1. The highest BCUT2D eigenvalue weighted by molar-refractivity contribution is 5.72. The number of nitro benzene ring substituents is 1. The summed E-state index contributed by atoms with van der Waals surface area (Å²) in [4.78, 5) is 14.7. The quantitative estimate of drug-likeness (QED) is 0.539. The maximum Gasteiger partial charge on any atom is 0.270 e. The van der Waals surface area contributed by atoms with Gasteiger partial charge >= 0.3 is 0 Å². The van der Waals surface area contributed by atoms with E-state index in [9.17, 15) is 15.4 Å². The normalized spacial score (nSPS) is 15.6. The molecule has 1 aromatic carbocycles. The van der Waals surface area contributed by atoms with Crippen LogP contribution in [0.5, 0.6) is 5.88 Å². The van der Waals surface area contributed by atoms with Crippen LogP contribution in [0.3, 0.4) is 0 Å². The Morgan fingerprint density at radius 3 is 2.78 bits per heavy atom. The summed E-state index contributed by atoms with van der Waals surface area (Å²) in [6.45, 7) is 0. The fourth-order valence-electron chi connectivity index (χ4n) is 3.13. The van der Waals surface area contributed by atoms with Crippen LogP contribution < -0.4 is 10.5 Å². The summed E-state index contributed by atoms with van der Waals surface area (Å²) < 4.78 is 5.51. The lowest BCUT2D eigenvalue weighted by Gasteiger charge is -2.23. The molecule has 0 amide bonds. The number of aromatic nitrogens is 3. The van der Waals surface area contributed by atoms with Crippen LogP contribution in [0.25, 0.3) is 11.3 Å². The van der Waals surface area contributed by atoms with Gasteiger partial charge in [0, 0.05) is 30.1 Å². The molecule has 0 saturated heterocycles. The van der Waals surface area contributed by atoms with Gasteiger partial charge in [-0.3, -0.25) is 20.2 Å². The van der Waals surface area contributed by atoms with Crippen molar-refractivity contribution in [3.05, 3.63) is 81.5 Å². The number of nitrogens with one attached hydrogen (secondary N) is 1. The summed E-state index contributed by atoms with van der Waals surface area (Å²) in [5, 5.41) is 27.8. The second-order valence-corrected chi connectivity index (χ2v) is 5.83. The van der Waals surface area contributed by atoms with Crippen molar-refractivity contribution in [1.29, 1.82) is 5.26 Å². The van der Waals surface area contributed by atoms with Crippen molar-refractivity contribution in [3.63, 3.8) is 0 Å². The standard InChI is InChI=1S/C18H12N6O3/c19-9-13-14(10-4-6-21-7-5-10)15-16(22-23-18(15)27-17(13)20)11-2-1-3-12(8-11)24(25)26/h1-8,14H,20H2,(H,22,23). The molecule has 0 spiro atoms. The predicted molar refractivity (Wildman–Crippen MR) is 94.2 cm³/mol. The van der Waals surface area contributed by atoms with E-state index in [-0.39, 0.29) is 23.0 Å². The van der Waals surface area contributed by atoms with Crippen molar-refractivity contribution in [2.75, 3.05) is 0 Å². The van der Waals surface area contributed by atoms with Crippen molar-refractivity contribution in [2.45, 2.75) is 5.92 Å². The number of hydrogen-bond donors (Lipinski definition) is 2. The Morgan fingerprint density at radius 2 is 2.07 bits per heavy atom. The minimum absolute atomic E-state index is 0.0242. The van der Waals surface area contributed by atoms with Crippen LogP contribution in [0.15, 0.2) is 60.2 Å². The fraction of sp³-hybridized carbons (Fsp3) is 0.0556. The molecule has 1 atom stereocenters. The fourth-order valence-corrected chi connectivity index (χ4v) is 3.13. The molecule has 9 heteroatoms. The van der Waals surface area contributed by atoms with Gasteiger partial charge in [-0.2, -0.15) is 5.26 Å². The van der Waals surface area contributed by atoms with E-state index in [1.807, 2.05) is 0 Å². The van der Waals surface area contributed by atoms with Crippen LogP contribution in [-0.2, 0) is 0 Å². The highest BCUT2D eigenvalue weighted by Gasteiger charge is 2.35. The number of H-pyrrole nitrogens is 1. The highest BCUT2D eigenvalue weighted by Crippen LogP contribution is 2.45. The van der Waals surface area contributed by atoms with Gasteiger partial charge in [0.05, 0.1) is 22.1 Å². The third-order valence-electron chi connectivity index (χ3n) is 4.32. The maximum atomic E-state index is 11.1. The third kappa shape index (κ3) is 2.65. The van der Waals surface area contributed by atoms with Crippen LogP contribution in [0.4, 0.5) is 5.69 Å². The number of aromatic amines is 1. The van der Waals surface area contributed by atoms with Crippen LogP contribution >= 0.6 is 0 Å². The Balaban J connectivity index is 1.94. The SMILES string of the molecule is N#CC1=C(N)Oc2n[nH]c(-c3cccc([N+](=O)[O-])c3)c2C1c1ccncc1. The van der Waals surface area contributed by atoms with Gasteiger partial charge in [-0.05, 0) is 17.7 Å². The van der Waals surface area contributed by atoms with Crippen LogP contribution in [0, 0.1) is 21.4 Å². The molecule has 0 saturated carbocycles. The first-order chi connectivity index (χ1) is 13.1. The number of allylic oxidation sites excluding steroid dienone is 1. The molecule has 2 aromatic heterocycles. The first kappa shape index (κ1) is 16.3. The molecule has 0 aliphatic carbocycles. The Morgan fingerprint density at radius 1 is 1.30 bits per heavy atom. The zero-order valence-corrected chi connectivity index (χ0v) is 13.8. The molecule has 9 nitrogen and oxygen atoms in total. The van der Waals surface area contributed by atoms with Crippen molar-refractivity contribution in [1.82, 2.24) is 15.2 Å². The number of ether oxygens (including phenoxy) is 1. The molecule has 3 aromatic rings. The lowest BCUT2D eigenvalue weighted by atomic mass is 9.83. The van der Waals surface area contributed by atoms with Crippen LogP contribution in [-0.4, -0.2) is 20.1 Å². The van der Waals surface area contributed by atoms with Gasteiger partial charge in [0.1, 0.15) is 11.6 Å². The molecule has 0 fully saturated rings. The molecule has 0 bridgehead atoms. The minimum atomic E-state index is -0.533. The number of nitrogens with zero attached hydrogens (tertiary/aromatic N) is 4. The van der Waals surface area contributed by atoms with E-state index in [1.165, 1.54) is 12.1 Å². The molecule has 3 heterocycles. The molecule has 3 N–H and O–H groups in total. The minimum Gasteiger partial charge on any atom is -0.420 e. The van der Waals surface area contributed by atoms with Gasteiger partial charge in [-0.15, -0.1) is 5.10 Å². The smallest absolute Gasteiger partial charge is 0.270 e. The average Bonchev–Trinajstić information content (AvgIpc) is 3.11. The van der Waals surface area contributed by atoms with Gasteiger partial charge in [-0.1, -0.05) is 12.1 Å². The van der Waals surface area contributed by atoms with E-state index in [2.05, 4.69) is 21.3 Å². The number of fused-ring (bicyclic) bond motifs is 1. The van der Waals surface area contributed by atoms with Gasteiger partial charge in [0.2, 0.25) is 11.8 Å². The number of nitrogens with two attached hydrogens (primary N) is 1. The summed E-state index contributed by atoms with van der Waals surface area (Å²) >= 11 is 0. The van der Waals surface area contributed by atoms with Crippen molar-refractivity contribution in [3.8, 4) is 23.2 Å². The zero-order valence-electron chi connectivity index (χ0n) is 13.8. The lowest BCUT2D eigenvalue weighted by Crippen LogP contribution is -2.21. The molecule has 0 radical (unpaired) electrons. The van der Waals surface area contributed by atoms with Gasteiger partial charge in [0.25, 0.3) is 5.69 Å². The predicted octanol–water partition coefficient (Wildman–Crippen LogP) is 2.60. The van der Waals surface area contributed by atoms with E-state index in [1.54, 1.807) is 36.7 Å². The first-order valence-electron chi connectivity index (χ1n) is 7.90. The number of benzene rings is 1. The second-order valence-electron chi connectivity index (χ2n) is 5.83. The zero-order chi connectivity index (χ0) is 19.0. The van der Waals surface area contributed by atoms with Crippen molar-refractivity contribution >= 4 is 5.69 Å². The summed E-state index contributed by atoms with van der Waals surface area (Å²) in [6, 6.07) is 11.8. The molecule has 1 aliphatic rings. The molecule has 1 aliphatic heterocycles.